The van der Waals surface area contributed by atoms with Gasteiger partial charge in [-0.05, 0) is 51.0 Å². The Bertz CT molecular complexity index is 1120. The van der Waals surface area contributed by atoms with E-state index in [0.29, 0.717) is 35.9 Å². The van der Waals surface area contributed by atoms with E-state index in [4.69, 9.17) is 4.52 Å². The summed E-state index contributed by atoms with van der Waals surface area (Å²) < 4.78 is 47.7. The standard InChI is InChI=1S/C19H22FN5O3S/c1-13-18(29(26,27)24-10-4-3-5-11-24)14(2)25(22-13)12-17-21-19(23-28-17)15-6-8-16(20)9-7-15/h6-9H,3-5,10-12H2,1-2H3. The first-order chi connectivity index (χ1) is 13.9. The molecule has 0 amide bonds. The van der Waals surface area contributed by atoms with Crippen LogP contribution in [0.5, 0.6) is 0 Å². The molecule has 0 bridgehead atoms. The zero-order valence-corrected chi connectivity index (χ0v) is 17.1. The van der Waals surface area contributed by atoms with E-state index in [-0.39, 0.29) is 23.1 Å². The van der Waals surface area contributed by atoms with Gasteiger partial charge < -0.3 is 4.52 Å². The molecule has 1 fully saturated rings. The number of aromatic nitrogens is 4. The van der Waals surface area contributed by atoms with Gasteiger partial charge in [0.2, 0.25) is 21.7 Å². The number of rotatable bonds is 5. The molecule has 0 saturated carbocycles. The molecule has 0 spiro atoms. The summed E-state index contributed by atoms with van der Waals surface area (Å²) in [4.78, 5) is 4.56. The highest BCUT2D eigenvalue weighted by Crippen LogP contribution is 2.26. The molecule has 8 nitrogen and oxygen atoms in total. The lowest BCUT2D eigenvalue weighted by atomic mass is 10.2. The number of benzene rings is 1. The van der Waals surface area contributed by atoms with E-state index >= 15 is 0 Å². The molecule has 0 atom stereocenters. The Morgan fingerprint density at radius 1 is 1.10 bits per heavy atom. The van der Waals surface area contributed by atoms with Crippen LogP contribution in [0.1, 0.15) is 36.5 Å². The monoisotopic (exact) mass is 419 g/mol. The minimum atomic E-state index is -3.59. The number of sulfonamides is 1. The summed E-state index contributed by atoms with van der Waals surface area (Å²) in [5, 5.41) is 8.31. The fraction of sp³-hybridized carbons (Fsp3) is 0.421. The van der Waals surface area contributed by atoms with Crippen LogP contribution in [0.15, 0.2) is 33.7 Å². The Balaban J connectivity index is 1.59. The maximum atomic E-state index is 13.1. The first-order valence-electron chi connectivity index (χ1n) is 9.49. The molecule has 0 N–H and O–H groups in total. The topological polar surface area (TPSA) is 94.1 Å². The quantitative estimate of drug-likeness (QED) is 0.631. The van der Waals surface area contributed by atoms with Gasteiger partial charge in [-0.25, -0.2) is 12.8 Å². The summed E-state index contributed by atoms with van der Waals surface area (Å²) in [5.74, 6) is 0.280. The van der Waals surface area contributed by atoms with Gasteiger partial charge in [-0.3, -0.25) is 4.68 Å². The van der Waals surface area contributed by atoms with Crippen LogP contribution in [0, 0.1) is 19.7 Å². The van der Waals surface area contributed by atoms with Gasteiger partial charge in [0.25, 0.3) is 0 Å². The molecule has 3 heterocycles. The van der Waals surface area contributed by atoms with Crippen LogP contribution in [0.4, 0.5) is 4.39 Å². The SMILES string of the molecule is Cc1nn(Cc2nc(-c3ccc(F)cc3)no2)c(C)c1S(=O)(=O)N1CCCCC1. The number of hydrogen-bond acceptors (Lipinski definition) is 6. The molecule has 0 radical (unpaired) electrons. The average molecular weight is 419 g/mol. The maximum Gasteiger partial charge on any atom is 0.248 e. The van der Waals surface area contributed by atoms with Gasteiger partial charge in [0.1, 0.15) is 17.3 Å². The summed E-state index contributed by atoms with van der Waals surface area (Å²) in [7, 11) is -3.59. The molecule has 1 saturated heterocycles. The highest BCUT2D eigenvalue weighted by atomic mass is 32.2. The first-order valence-corrected chi connectivity index (χ1v) is 10.9. The van der Waals surface area contributed by atoms with Crippen molar-refractivity contribution in [3.8, 4) is 11.4 Å². The minimum Gasteiger partial charge on any atom is -0.337 e. The molecule has 3 aromatic rings. The fourth-order valence-corrected chi connectivity index (χ4v) is 5.50. The number of hydrogen-bond donors (Lipinski definition) is 0. The van der Waals surface area contributed by atoms with E-state index in [1.54, 1.807) is 30.7 Å². The lowest BCUT2D eigenvalue weighted by Gasteiger charge is -2.25. The number of nitrogens with zero attached hydrogens (tertiary/aromatic N) is 5. The maximum absolute atomic E-state index is 13.1. The molecule has 1 aromatic carbocycles. The lowest BCUT2D eigenvalue weighted by Crippen LogP contribution is -2.36. The second-order valence-corrected chi connectivity index (χ2v) is 9.02. The predicted octanol–water partition coefficient (Wildman–Crippen LogP) is 2.91. The molecule has 0 aliphatic carbocycles. The third-order valence-corrected chi connectivity index (χ3v) is 7.24. The first kappa shape index (κ1) is 19.7. The Hall–Kier alpha value is -2.59. The van der Waals surface area contributed by atoms with E-state index in [2.05, 4.69) is 15.2 Å². The van der Waals surface area contributed by atoms with Crippen molar-refractivity contribution < 1.29 is 17.3 Å². The second-order valence-electron chi connectivity index (χ2n) is 7.14. The third kappa shape index (κ3) is 3.82. The minimum absolute atomic E-state index is 0.149. The second kappa shape index (κ2) is 7.68. The zero-order valence-electron chi connectivity index (χ0n) is 16.3. The molecule has 0 unspecified atom stereocenters. The van der Waals surface area contributed by atoms with Crippen molar-refractivity contribution in [2.24, 2.45) is 0 Å². The van der Waals surface area contributed by atoms with Crippen molar-refractivity contribution in [1.82, 2.24) is 24.2 Å². The van der Waals surface area contributed by atoms with Crippen LogP contribution >= 0.6 is 0 Å². The normalized spacial score (nSPS) is 15.7. The Labute approximate surface area is 168 Å². The van der Waals surface area contributed by atoms with Crippen LogP contribution in [0.3, 0.4) is 0 Å². The number of piperidine rings is 1. The van der Waals surface area contributed by atoms with Gasteiger partial charge in [0.15, 0.2) is 0 Å². The van der Waals surface area contributed by atoms with Crippen molar-refractivity contribution in [2.45, 2.75) is 44.6 Å². The molecule has 1 aliphatic rings. The van der Waals surface area contributed by atoms with E-state index in [0.717, 1.165) is 19.3 Å². The third-order valence-electron chi connectivity index (χ3n) is 5.08. The summed E-state index contributed by atoms with van der Waals surface area (Å²) in [6, 6.07) is 5.78. The van der Waals surface area contributed by atoms with E-state index in [1.165, 1.54) is 16.4 Å². The van der Waals surface area contributed by atoms with Gasteiger partial charge in [-0.15, -0.1) is 0 Å². The van der Waals surface area contributed by atoms with Gasteiger partial charge in [-0.2, -0.15) is 14.4 Å². The average Bonchev–Trinajstić information content (AvgIpc) is 3.28. The predicted molar refractivity (Wildman–Crippen MR) is 103 cm³/mol. The molecule has 10 heteroatoms. The van der Waals surface area contributed by atoms with Crippen LogP contribution in [-0.4, -0.2) is 45.7 Å². The van der Waals surface area contributed by atoms with E-state index in [9.17, 15) is 12.8 Å². The summed E-state index contributed by atoms with van der Waals surface area (Å²) in [5.41, 5.74) is 1.61. The van der Waals surface area contributed by atoms with E-state index in [1.807, 2.05) is 0 Å². The van der Waals surface area contributed by atoms with Crippen molar-refractivity contribution in [2.75, 3.05) is 13.1 Å². The van der Waals surface area contributed by atoms with E-state index < -0.39 is 10.0 Å². The molecule has 29 heavy (non-hydrogen) atoms. The van der Waals surface area contributed by atoms with Crippen molar-refractivity contribution in [1.29, 1.82) is 0 Å². The van der Waals surface area contributed by atoms with Crippen molar-refractivity contribution in [3.05, 3.63) is 47.4 Å². The van der Waals surface area contributed by atoms with Gasteiger partial charge >= 0.3 is 0 Å². The highest BCUT2D eigenvalue weighted by Gasteiger charge is 2.32. The van der Waals surface area contributed by atoms with Crippen LogP contribution in [-0.2, 0) is 16.6 Å². The smallest absolute Gasteiger partial charge is 0.248 e. The highest BCUT2D eigenvalue weighted by molar-refractivity contribution is 7.89. The largest absolute Gasteiger partial charge is 0.337 e. The Morgan fingerprint density at radius 2 is 1.79 bits per heavy atom. The summed E-state index contributed by atoms with van der Waals surface area (Å²) >= 11 is 0. The molecular formula is C19H22FN5O3S. The number of aryl methyl sites for hydroxylation is 1. The Morgan fingerprint density at radius 3 is 2.48 bits per heavy atom. The Kier molecular flexibility index (Phi) is 5.22. The van der Waals surface area contributed by atoms with Crippen molar-refractivity contribution >= 4 is 10.0 Å². The molecular weight excluding hydrogens is 397 g/mol. The molecule has 2 aromatic heterocycles. The van der Waals surface area contributed by atoms with Crippen molar-refractivity contribution in [3.63, 3.8) is 0 Å². The van der Waals surface area contributed by atoms with Crippen LogP contribution in [0.25, 0.3) is 11.4 Å². The van der Waals surface area contributed by atoms with Crippen LogP contribution < -0.4 is 0 Å². The lowest BCUT2D eigenvalue weighted by molar-refractivity contribution is 0.346. The van der Waals surface area contributed by atoms with Gasteiger partial charge in [-0.1, -0.05) is 11.6 Å². The van der Waals surface area contributed by atoms with Crippen LogP contribution in [0.2, 0.25) is 0 Å². The van der Waals surface area contributed by atoms with Gasteiger partial charge in [0, 0.05) is 18.7 Å². The molecule has 1 aliphatic heterocycles. The zero-order chi connectivity index (χ0) is 20.6. The number of halogens is 1. The fourth-order valence-electron chi connectivity index (χ4n) is 3.61. The summed E-state index contributed by atoms with van der Waals surface area (Å²) in [6.45, 7) is 4.65. The molecule has 154 valence electrons. The van der Waals surface area contributed by atoms with Gasteiger partial charge in [0.05, 0.1) is 11.4 Å². The molecule has 4 rings (SSSR count). The summed E-state index contributed by atoms with van der Waals surface area (Å²) in [6.07, 6.45) is 2.80.